The Balaban J connectivity index is 0.00000162. The molecule has 3 nitrogen and oxygen atoms in total. The molecule has 94 valence electrons. The zero-order valence-corrected chi connectivity index (χ0v) is 10.9. The summed E-state index contributed by atoms with van der Waals surface area (Å²) in [6.45, 7) is 2.59. The molecule has 1 aromatic heterocycles. The number of nitrogens with zero attached hydrogens (tertiary/aromatic N) is 2. The van der Waals surface area contributed by atoms with Gasteiger partial charge in [0.2, 0.25) is 0 Å². The molecule has 0 unspecified atom stereocenters. The Labute approximate surface area is 113 Å². The minimum Gasteiger partial charge on any atom is -1.00 e. The predicted molar refractivity (Wildman–Crippen MR) is 66.1 cm³/mol. The molecule has 4 heteroatoms. The van der Waals surface area contributed by atoms with Crippen LogP contribution in [0.2, 0.25) is 0 Å². The van der Waals surface area contributed by atoms with Crippen LogP contribution in [-0.4, -0.2) is 10.9 Å². The van der Waals surface area contributed by atoms with Crippen molar-refractivity contribution < 1.29 is 22.2 Å². The average molecular weight is 263 g/mol. The fraction of sp³-hybridized carbons (Fsp3) is 0.143. The quantitative estimate of drug-likeness (QED) is 0.333. The smallest absolute Gasteiger partial charge is 0.194 e. The number of benzene rings is 1. The lowest BCUT2D eigenvalue weighted by molar-refractivity contribution is -0.682. The van der Waals surface area contributed by atoms with Gasteiger partial charge in [-0.1, -0.05) is 35.5 Å². The van der Waals surface area contributed by atoms with Gasteiger partial charge in [0.1, 0.15) is 0 Å². The Morgan fingerprint density at radius 1 is 1.17 bits per heavy atom. The number of pyridine rings is 1. The van der Waals surface area contributed by atoms with Crippen molar-refractivity contribution in [2.45, 2.75) is 13.5 Å². The lowest BCUT2D eigenvalue weighted by Crippen LogP contribution is -3.00. The van der Waals surface area contributed by atoms with Gasteiger partial charge in [0, 0.05) is 17.2 Å². The number of rotatable bonds is 3. The molecular weight excluding hydrogens is 248 g/mol. The van der Waals surface area contributed by atoms with E-state index in [0.29, 0.717) is 12.3 Å². The highest BCUT2D eigenvalue weighted by molar-refractivity contribution is 5.99. The molecule has 0 atom stereocenters. The third kappa shape index (κ3) is 3.57. The Bertz CT molecular complexity index is 526. The van der Waals surface area contributed by atoms with Gasteiger partial charge in [-0.25, -0.2) is 0 Å². The molecule has 2 rings (SSSR count). The Morgan fingerprint density at radius 2 is 1.89 bits per heavy atom. The van der Waals surface area contributed by atoms with Crippen LogP contribution in [0.25, 0.3) is 0 Å². The molecule has 1 aromatic carbocycles. The first-order chi connectivity index (χ1) is 8.29. The van der Waals surface area contributed by atoms with Gasteiger partial charge < -0.3 is 17.6 Å². The molecule has 0 amide bonds. The molecule has 0 bridgehead atoms. The van der Waals surface area contributed by atoms with E-state index in [4.69, 9.17) is 5.21 Å². The van der Waals surface area contributed by atoms with Gasteiger partial charge >= 0.3 is 0 Å². The first-order valence-electron chi connectivity index (χ1n) is 5.51. The summed E-state index contributed by atoms with van der Waals surface area (Å²) in [7, 11) is 0. The minimum atomic E-state index is 0. The predicted octanol–water partition coefficient (Wildman–Crippen LogP) is -0.835. The highest BCUT2D eigenvalue weighted by atomic mass is 35.5. The maximum Gasteiger partial charge on any atom is 0.194 e. The molecule has 0 saturated heterocycles. The Kier molecular flexibility index (Phi) is 5.33. The van der Waals surface area contributed by atoms with Crippen LogP contribution in [0.3, 0.4) is 0 Å². The van der Waals surface area contributed by atoms with Crippen molar-refractivity contribution >= 4 is 5.71 Å². The Hall–Kier alpha value is -1.87. The second-order valence-corrected chi connectivity index (χ2v) is 3.97. The van der Waals surface area contributed by atoms with Crippen LogP contribution in [0.5, 0.6) is 0 Å². The summed E-state index contributed by atoms with van der Waals surface area (Å²) in [5, 5.41) is 12.5. The van der Waals surface area contributed by atoms with Crippen LogP contribution in [0.4, 0.5) is 0 Å². The fourth-order valence-electron chi connectivity index (χ4n) is 1.74. The maximum absolute atomic E-state index is 9.08. The molecule has 0 aliphatic rings. The van der Waals surface area contributed by atoms with Crippen LogP contribution in [0.15, 0.2) is 60.0 Å². The summed E-state index contributed by atoms with van der Waals surface area (Å²) >= 11 is 0. The van der Waals surface area contributed by atoms with Gasteiger partial charge in [-0.3, -0.25) is 0 Å². The molecule has 18 heavy (non-hydrogen) atoms. The van der Waals surface area contributed by atoms with Gasteiger partial charge in [-0.2, -0.15) is 4.57 Å². The average Bonchev–Trinajstić information content (AvgIpc) is 2.37. The van der Waals surface area contributed by atoms with Crippen molar-refractivity contribution in [2.75, 3.05) is 0 Å². The summed E-state index contributed by atoms with van der Waals surface area (Å²) in [6.07, 6.45) is 3.98. The van der Waals surface area contributed by atoms with Crippen molar-refractivity contribution in [1.82, 2.24) is 0 Å². The molecule has 1 N–H and O–H groups in total. The van der Waals surface area contributed by atoms with Gasteiger partial charge in [-0.05, 0) is 13.0 Å². The lowest BCUT2D eigenvalue weighted by Gasteiger charge is -2.01. The van der Waals surface area contributed by atoms with Crippen molar-refractivity contribution in [3.8, 4) is 0 Å². The molecule has 0 aliphatic carbocycles. The summed E-state index contributed by atoms with van der Waals surface area (Å²) in [5.41, 5.74) is 2.77. The highest BCUT2D eigenvalue weighted by Crippen LogP contribution is 2.01. The van der Waals surface area contributed by atoms with E-state index in [-0.39, 0.29) is 12.4 Å². The molecule has 1 heterocycles. The third-order valence-electron chi connectivity index (χ3n) is 2.57. The van der Waals surface area contributed by atoms with Gasteiger partial charge in [-0.15, -0.1) is 0 Å². The lowest BCUT2D eigenvalue weighted by atomic mass is 10.1. The van der Waals surface area contributed by atoms with E-state index in [1.165, 1.54) is 5.56 Å². The number of halogens is 1. The van der Waals surface area contributed by atoms with Crippen LogP contribution in [0.1, 0.15) is 11.1 Å². The second kappa shape index (κ2) is 6.77. The fourth-order valence-corrected chi connectivity index (χ4v) is 1.74. The van der Waals surface area contributed by atoms with Gasteiger partial charge in [0.05, 0.1) is 0 Å². The summed E-state index contributed by atoms with van der Waals surface area (Å²) < 4.78 is 2.00. The van der Waals surface area contributed by atoms with E-state index in [9.17, 15) is 0 Å². The number of hydrogen-bond acceptors (Lipinski definition) is 2. The standard InChI is InChI=1S/C14H14N2O.ClH/c1-12-6-5-9-16(10-12)11-14(15-17)13-7-3-2-4-8-13;/h2-10H,11H2,1H3;1H. The molecule has 0 radical (unpaired) electrons. The van der Waals surface area contributed by atoms with Gasteiger partial charge in [0.25, 0.3) is 0 Å². The zero-order valence-electron chi connectivity index (χ0n) is 10.1. The van der Waals surface area contributed by atoms with Crippen molar-refractivity contribution in [2.24, 2.45) is 5.16 Å². The third-order valence-corrected chi connectivity index (χ3v) is 2.57. The second-order valence-electron chi connectivity index (χ2n) is 3.97. The highest BCUT2D eigenvalue weighted by Gasteiger charge is 2.10. The van der Waals surface area contributed by atoms with Crippen LogP contribution in [0, 0.1) is 6.92 Å². The van der Waals surface area contributed by atoms with Crippen LogP contribution in [-0.2, 0) is 6.54 Å². The molecule has 0 fully saturated rings. The Morgan fingerprint density at radius 3 is 2.50 bits per heavy atom. The van der Waals surface area contributed by atoms with E-state index in [2.05, 4.69) is 5.16 Å². The molecule has 2 aromatic rings. The largest absolute Gasteiger partial charge is 1.00 e. The van der Waals surface area contributed by atoms with Crippen molar-refractivity contribution in [3.63, 3.8) is 0 Å². The zero-order chi connectivity index (χ0) is 12.1. The monoisotopic (exact) mass is 262 g/mol. The van der Waals surface area contributed by atoms with Crippen molar-refractivity contribution in [1.29, 1.82) is 0 Å². The van der Waals surface area contributed by atoms with Crippen molar-refractivity contribution in [3.05, 3.63) is 66.0 Å². The molecular formula is C14H15ClN2O. The topological polar surface area (TPSA) is 36.5 Å². The van der Waals surface area contributed by atoms with Gasteiger partial charge in [0.15, 0.2) is 24.7 Å². The van der Waals surface area contributed by atoms with Crippen LogP contribution >= 0.6 is 0 Å². The van der Waals surface area contributed by atoms with E-state index >= 15 is 0 Å². The summed E-state index contributed by atoms with van der Waals surface area (Å²) in [4.78, 5) is 0. The van der Waals surface area contributed by atoms with E-state index in [1.807, 2.05) is 66.3 Å². The number of hydrogen-bond donors (Lipinski definition) is 1. The number of aromatic nitrogens is 1. The molecule has 0 aliphatic heterocycles. The number of oxime groups is 1. The maximum atomic E-state index is 9.08. The first kappa shape index (κ1) is 14.2. The first-order valence-corrected chi connectivity index (χ1v) is 5.51. The minimum absolute atomic E-state index is 0. The number of aryl methyl sites for hydroxylation is 1. The summed E-state index contributed by atoms with van der Waals surface area (Å²) in [6, 6.07) is 13.7. The normalized spacial score (nSPS) is 10.8. The SMILES string of the molecule is Cc1ccc[n+](CC(=NO)c2ccccc2)c1.[Cl-]. The van der Waals surface area contributed by atoms with E-state index < -0.39 is 0 Å². The van der Waals surface area contributed by atoms with E-state index in [1.54, 1.807) is 0 Å². The summed E-state index contributed by atoms with van der Waals surface area (Å²) in [5.74, 6) is 0. The molecule has 0 spiro atoms. The van der Waals surface area contributed by atoms with Crippen LogP contribution < -0.4 is 17.0 Å². The molecule has 0 saturated carbocycles. The van der Waals surface area contributed by atoms with E-state index in [0.717, 1.165) is 5.56 Å².